The zero-order valence-corrected chi connectivity index (χ0v) is 11.4. The van der Waals surface area contributed by atoms with E-state index in [1.54, 1.807) is 0 Å². The van der Waals surface area contributed by atoms with Gasteiger partial charge in [0.25, 0.3) is 0 Å². The molecule has 3 heteroatoms. The first-order chi connectivity index (χ1) is 8.86. The maximum absolute atomic E-state index is 12.7. The van der Waals surface area contributed by atoms with Crippen LogP contribution < -0.4 is 5.32 Å². The van der Waals surface area contributed by atoms with Crippen molar-refractivity contribution in [2.75, 3.05) is 13.1 Å². The minimum Gasteiger partial charge on any atom is -0.338 e. The Bertz CT molecular complexity index is 297. The number of amides is 1. The molecule has 0 aromatic carbocycles. The second-order valence-electron chi connectivity index (χ2n) is 6.29. The molecule has 3 fully saturated rings. The third-order valence-electron chi connectivity index (χ3n) is 5.13. The van der Waals surface area contributed by atoms with Crippen molar-refractivity contribution in [3.05, 3.63) is 0 Å². The normalized spacial score (nSPS) is 37.1. The molecule has 2 aliphatic heterocycles. The lowest BCUT2D eigenvalue weighted by Gasteiger charge is -2.45. The standard InChI is InChI=1S/C15H26N2O/c18-15(13-8-3-4-10-16-13)17-11-5-7-12-6-1-2-9-14(12)17/h12-14,16H,1-11H2/t12?,13-,14?/m0/s1. The fraction of sp³-hybridized carbons (Fsp3) is 0.933. The highest BCUT2D eigenvalue weighted by molar-refractivity contribution is 5.82. The van der Waals surface area contributed by atoms with Crippen molar-refractivity contribution in [1.82, 2.24) is 10.2 Å². The van der Waals surface area contributed by atoms with Gasteiger partial charge in [-0.1, -0.05) is 19.3 Å². The van der Waals surface area contributed by atoms with E-state index in [4.69, 9.17) is 0 Å². The molecule has 2 heterocycles. The van der Waals surface area contributed by atoms with E-state index in [1.165, 1.54) is 51.4 Å². The van der Waals surface area contributed by atoms with E-state index < -0.39 is 0 Å². The minimum absolute atomic E-state index is 0.124. The van der Waals surface area contributed by atoms with Crippen LogP contribution in [0.4, 0.5) is 0 Å². The number of carbonyl (C=O) groups excluding carboxylic acids is 1. The molecule has 1 amide bonds. The molecule has 0 spiro atoms. The summed E-state index contributed by atoms with van der Waals surface area (Å²) in [4.78, 5) is 14.9. The fourth-order valence-electron chi connectivity index (χ4n) is 4.16. The summed E-state index contributed by atoms with van der Waals surface area (Å²) in [6, 6.07) is 0.697. The summed E-state index contributed by atoms with van der Waals surface area (Å²) >= 11 is 0. The molecule has 3 aliphatic rings. The molecule has 0 radical (unpaired) electrons. The first kappa shape index (κ1) is 12.5. The van der Waals surface area contributed by atoms with Crippen LogP contribution >= 0.6 is 0 Å². The van der Waals surface area contributed by atoms with Gasteiger partial charge in [0.15, 0.2) is 0 Å². The van der Waals surface area contributed by atoms with Crippen molar-refractivity contribution < 1.29 is 4.79 Å². The molecule has 18 heavy (non-hydrogen) atoms. The largest absolute Gasteiger partial charge is 0.338 e. The Balaban J connectivity index is 1.67. The van der Waals surface area contributed by atoms with E-state index in [-0.39, 0.29) is 6.04 Å². The lowest BCUT2D eigenvalue weighted by atomic mass is 9.78. The number of nitrogens with zero attached hydrogens (tertiary/aromatic N) is 1. The van der Waals surface area contributed by atoms with Crippen LogP contribution in [-0.4, -0.2) is 36.0 Å². The van der Waals surface area contributed by atoms with Gasteiger partial charge in [0.1, 0.15) is 0 Å². The van der Waals surface area contributed by atoms with Crippen LogP contribution in [0.1, 0.15) is 57.8 Å². The molecule has 1 N–H and O–H groups in total. The van der Waals surface area contributed by atoms with Crippen molar-refractivity contribution >= 4 is 5.91 Å². The van der Waals surface area contributed by atoms with Crippen LogP contribution in [0.15, 0.2) is 0 Å². The Morgan fingerprint density at radius 1 is 0.944 bits per heavy atom. The molecule has 102 valence electrons. The van der Waals surface area contributed by atoms with Gasteiger partial charge in [-0.3, -0.25) is 4.79 Å². The summed E-state index contributed by atoms with van der Waals surface area (Å²) in [6.45, 7) is 2.04. The maximum Gasteiger partial charge on any atom is 0.239 e. The Hall–Kier alpha value is -0.570. The predicted molar refractivity (Wildman–Crippen MR) is 72.3 cm³/mol. The zero-order valence-electron chi connectivity index (χ0n) is 11.4. The summed E-state index contributed by atoms with van der Waals surface area (Å²) in [5, 5.41) is 3.42. The Morgan fingerprint density at radius 2 is 1.72 bits per heavy atom. The van der Waals surface area contributed by atoms with Gasteiger partial charge < -0.3 is 10.2 Å². The molecule has 0 bridgehead atoms. The van der Waals surface area contributed by atoms with Gasteiger partial charge in [0, 0.05) is 12.6 Å². The fourth-order valence-corrected chi connectivity index (χ4v) is 4.16. The summed E-state index contributed by atoms with van der Waals surface area (Å²) in [6.07, 6.45) is 11.4. The number of likely N-dealkylation sites (tertiary alicyclic amines) is 1. The van der Waals surface area contributed by atoms with Gasteiger partial charge >= 0.3 is 0 Å². The molecule has 2 unspecified atom stereocenters. The molecule has 2 saturated heterocycles. The van der Waals surface area contributed by atoms with Gasteiger partial charge in [-0.15, -0.1) is 0 Å². The second kappa shape index (κ2) is 5.60. The number of piperidine rings is 2. The highest BCUT2D eigenvalue weighted by Crippen LogP contribution is 2.35. The maximum atomic E-state index is 12.7. The van der Waals surface area contributed by atoms with E-state index in [9.17, 15) is 4.79 Å². The van der Waals surface area contributed by atoms with Gasteiger partial charge in [-0.25, -0.2) is 0 Å². The van der Waals surface area contributed by atoms with Crippen LogP contribution in [0.5, 0.6) is 0 Å². The Labute approximate surface area is 110 Å². The third-order valence-corrected chi connectivity index (χ3v) is 5.13. The monoisotopic (exact) mass is 250 g/mol. The average molecular weight is 250 g/mol. The molecular weight excluding hydrogens is 224 g/mol. The van der Waals surface area contributed by atoms with Gasteiger partial charge in [0.05, 0.1) is 6.04 Å². The minimum atomic E-state index is 0.124. The molecule has 3 rings (SSSR count). The number of rotatable bonds is 1. The topological polar surface area (TPSA) is 32.3 Å². The van der Waals surface area contributed by atoms with E-state index in [0.29, 0.717) is 11.9 Å². The molecule has 3 nitrogen and oxygen atoms in total. The first-order valence-electron chi connectivity index (χ1n) is 7.90. The molecular formula is C15H26N2O. The molecule has 0 aromatic heterocycles. The lowest BCUT2D eigenvalue weighted by Crippen LogP contribution is -2.56. The quantitative estimate of drug-likeness (QED) is 0.774. The Kier molecular flexibility index (Phi) is 3.88. The molecule has 3 atom stereocenters. The third kappa shape index (κ3) is 2.42. The number of carbonyl (C=O) groups is 1. The van der Waals surface area contributed by atoms with Crippen molar-refractivity contribution in [3.8, 4) is 0 Å². The van der Waals surface area contributed by atoms with Crippen molar-refractivity contribution in [1.29, 1.82) is 0 Å². The van der Waals surface area contributed by atoms with Gasteiger partial charge in [-0.05, 0) is 51.0 Å². The number of hydrogen-bond donors (Lipinski definition) is 1. The number of nitrogens with one attached hydrogen (secondary N) is 1. The van der Waals surface area contributed by atoms with E-state index in [1.807, 2.05) is 0 Å². The van der Waals surface area contributed by atoms with Crippen LogP contribution in [0.25, 0.3) is 0 Å². The van der Waals surface area contributed by atoms with E-state index in [0.717, 1.165) is 25.4 Å². The van der Waals surface area contributed by atoms with Crippen LogP contribution in [0.3, 0.4) is 0 Å². The van der Waals surface area contributed by atoms with Crippen molar-refractivity contribution in [3.63, 3.8) is 0 Å². The van der Waals surface area contributed by atoms with Gasteiger partial charge in [0.2, 0.25) is 5.91 Å². The predicted octanol–water partition coefficient (Wildman–Crippen LogP) is 2.31. The highest BCUT2D eigenvalue weighted by atomic mass is 16.2. The Morgan fingerprint density at radius 3 is 2.56 bits per heavy atom. The SMILES string of the molecule is O=C([C@@H]1CCCCN1)N1CCCC2CCCCC21. The lowest BCUT2D eigenvalue weighted by molar-refractivity contribution is -0.140. The summed E-state index contributed by atoms with van der Waals surface area (Å²) in [5.41, 5.74) is 0. The number of fused-ring (bicyclic) bond motifs is 1. The summed E-state index contributed by atoms with van der Waals surface area (Å²) < 4.78 is 0. The first-order valence-corrected chi connectivity index (χ1v) is 7.90. The molecule has 1 aliphatic carbocycles. The average Bonchev–Trinajstić information content (AvgIpc) is 2.47. The summed E-state index contributed by atoms with van der Waals surface area (Å²) in [7, 11) is 0. The van der Waals surface area contributed by atoms with Gasteiger partial charge in [-0.2, -0.15) is 0 Å². The van der Waals surface area contributed by atoms with Crippen LogP contribution in [-0.2, 0) is 4.79 Å². The molecule has 1 saturated carbocycles. The second-order valence-corrected chi connectivity index (χ2v) is 6.29. The zero-order chi connectivity index (χ0) is 12.4. The number of hydrogen-bond acceptors (Lipinski definition) is 2. The highest BCUT2D eigenvalue weighted by Gasteiger charge is 2.37. The van der Waals surface area contributed by atoms with Crippen LogP contribution in [0, 0.1) is 5.92 Å². The summed E-state index contributed by atoms with van der Waals surface area (Å²) in [5.74, 6) is 1.21. The van der Waals surface area contributed by atoms with Crippen molar-refractivity contribution in [2.45, 2.75) is 69.9 Å². The molecule has 0 aromatic rings. The van der Waals surface area contributed by atoms with Crippen LogP contribution in [0.2, 0.25) is 0 Å². The van der Waals surface area contributed by atoms with E-state index >= 15 is 0 Å². The van der Waals surface area contributed by atoms with Crippen molar-refractivity contribution in [2.24, 2.45) is 5.92 Å². The smallest absolute Gasteiger partial charge is 0.239 e. The van der Waals surface area contributed by atoms with E-state index in [2.05, 4.69) is 10.2 Å².